The lowest BCUT2D eigenvalue weighted by molar-refractivity contribution is -0.123. The minimum atomic E-state index is -0.264. The summed E-state index contributed by atoms with van der Waals surface area (Å²) in [7, 11) is 0. The van der Waals surface area contributed by atoms with E-state index in [2.05, 4.69) is 17.2 Å². The number of halogens is 1. The fourth-order valence-electron chi connectivity index (χ4n) is 2.58. The first-order valence-electron chi connectivity index (χ1n) is 6.94. The second-order valence-electron chi connectivity index (χ2n) is 5.09. The molecule has 2 atom stereocenters. The molecule has 1 amide bonds. The van der Waals surface area contributed by atoms with Crippen molar-refractivity contribution in [2.24, 2.45) is 11.7 Å². The third-order valence-electron chi connectivity index (χ3n) is 3.66. The molecule has 106 valence electrons. The molecule has 1 saturated carbocycles. The molecule has 0 bridgehead atoms. The highest BCUT2D eigenvalue weighted by atomic mass is 19.1. The fraction of sp³-hybridized carbons (Fsp3) is 0.438. The summed E-state index contributed by atoms with van der Waals surface area (Å²) in [5.41, 5.74) is 6.20. The molecule has 3 N–H and O–H groups in total. The van der Waals surface area contributed by atoms with Gasteiger partial charge in [-0.2, -0.15) is 0 Å². The first kappa shape index (κ1) is 14.5. The van der Waals surface area contributed by atoms with Crippen LogP contribution in [-0.4, -0.2) is 18.5 Å². The van der Waals surface area contributed by atoms with Crippen LogP contribution in [0.5, 0.6) is 0 Å². The molecule has 0 spiro atoms. The summed E-state index contributed by atoms with van der Waals surface area (Å²) in [5, 5.41) is 3.29. The minimum absolute atomic E-state index is 0.0867. The molecule has 0 unspecified atom stereocenters. The van der Waals surface area contributed by atoms with E-state index in [-0.39, 0.29) is 23.7 Å². The minimum Gasteiger partial charge on any atom is -0.369 e. The van der Waals surface area contributed by atoms with Crippen LogP contribution in [0.25, 0.3) is 0 Å². The predicted octanol–water partition coefficient (Wildman–Crippen LogP) is 1.81. The van der Waals surface area contributed by atoms with E-state index in [0.717, 1.165) is 31.2 Å². The van der Waals surface area contributed by atoms with Crippen LogP contribution in [0.2, 0.25) is 0 Å². The average molecular weight is 274 g/mol. The Bertz CT molecular complexity index is 516. The number of nitrogens with one attached hydrogen (secondary N) is 1. The van der Waals surface area contributed by atoms with Gasteiger partial charge in [0.2, 0.25) is 5.91 Å². The number of hydrogen-bond donors (Lipinski definition) is 2. The van der Waals surface area contributed by atoms with Gasteiger partial charge in [-0.05, 0) is 37.1 Å². The monoisotopic (exact) mass is 274 g/mol. The Labute approximate surface area is 118 Å². The van der Waals surface area contributed by atoms with E-state index < -0.39 is 0 Å². The number of nitrogens with two attached hydrogens (primary N) is 1. The Kier molecular flexibility index (Phi) is 5.14. The van der Waals surface area contributed by atoms with Gasteiger partial charge in [0.15, 0.2) is 0 Å². The molecule has 0 aliphatic heterocycles. The SMILES string of the molecule is NC(=O)[C@@H]1CCCC[C@@H]1NCC#Cc1ccc(F)cc1. The first-order chi connectivity index (χ1) is 9.66. The van der Waals surface area contributed by atoms with Gasteiger partial charge < -0.3 is 11.1 Å². The molecule has 1 aliphatic rings. The summed E-state index contributed by atoms with van der Waals surface area (Å²) in [4.78, 5) is 11.4. The third-order valence-corrected chi connectivity index (χ3v) is 3.66. The van der Waals surface area contributed by atoms with Crippen molar-refractivity contribution in [1.82, 2.24) is 5.32 Å². The van der Waals surface area contributed by atoms with E-state index in [1.165, 1.54) is 12.1 Å². The van der Waals surface area contributed by atoms with Crippen molar-refractivity contribution in [3.8, 4) is 11.8 Å². The number of benzene rings is 1. The van der Waals surface area contributed by atoms with Crippen LogP contribution in [0.1, 0.15) is 31.2 Å². The van der Waals surface area contributed by atoms with Crippen molar-refractivity contribution in [3.05, 3.63) is 35.6 Å². The predicted molar refractivity (Wildman–Crippen MR) is 76.2 cm³/mol. The standard InChI is InChI=1S/C16H19FN2O/c17-13-9-7-12(8-10-13)4-3-11-19-15-6-2-1-5-14(15)16(18)20/h7-10,14-15,19H,1-2,5-6,11H2,(H2,18,20)/t14-,15+/m1/s1. The lowest BCUT2D eigenvalue weighted by atomic mass is 9.84. The number of carbonyl (C=O) groups excluding carboxylic acids is 1. The zero-order chi connectivity index (χ0) is 14.4. The highest BCUT2D eigenvalue weighted by Crippen LogP contribution is 2.23. The van der Waals surface area contributed by atoms with Gasteiger partial charge in [-0.25, -0.2) is 4.39 Å². The maximum atomic E-state index is 12.7. The number of hydrogen-bond acceptors (Lipinski definition) is 2. The molecular formula is C16H19FN2O. The summed E-state index contributed by atoms with van der Waals surface area (Å²) in [6.45, 7) is 0.506. The normalized spacial score (nSPS) is 21.9. The molecule has 1 aromatic carbocycles. The lowest BCUT2D eigenvalue weighted by Crippen LogP contribution is -2.44. The number of carbonyl (C=O) groups is 1. The average Bonchev–Trinajstić information content (AvgIpc) is 2.46. The molecule has 0 radical (unpaired) electrons. The van der Waals surface area contributed by atoms with Gasteiger partial charge in [-0.1, -0.05) is 24.7 Å². The Morgan fingerprint density at radius 3 is 2.70 bits per heavy atom. The van der Waals surface area contributed by atoms with Crippen LogP contribution in [0.4, 0.5) is 4.39 Å². The Morgan fingerprint density at radius 2 is 2.00 bits per heavy atom. The van der Waals surface area contributed by atoms with Crippen LogP contribution in [-0.2, 0) is 4.79 Å². The van der Waals surface area contributed by atoms with Gasteiger partial charge in [0.1, 0.15) is 5.82 Å². The van der Waals surface area contributed by atoms with Gasteiger partial charge in [-0.3, -0.25) is 4.79 Å². The molecule has 0 aromatic heterocycles. The summed E-state index contributed by atoms with van der Waals surface area (Å²) in [6, 6.07) is 6.21. The molecule has 1 fully saturated rings. The fourth-order valence-corrected chi connectivity index (χ4v) is 2.58. The zero-order valence-corrected chi connectivity index (χ0v) is 11.4. The van der Waals surface area contributed by atoms with Gasteiger partial charge >= 0.3 is 0 Å². The van der Waals surface area contributed by atoms with Gasteiger partial charge in [0, 0.05) is 11.6 Å². The van der Waals surface area contributed by atoms with Crippen LogP contribution >= 0.6 is 0 Å². The maximum Gasteiger partial charge on any atom is 0.222 e. The highest BCUT2D eigenvalue weighted by molar-refractivity contribution is 5.77. The van der Waals surface area contributed by atoms with E-state index in [4.69, 9.17) is 5.73 Å². The van der Waals surface area contributed by atoms with Crippen molar-refractivity contribution in [2.45, 2.75) is 31.7 Å². The van der Waals surface area contributed by atoms with Gasteiger partial charge in [-0.15, -0.1) is 0 Å². The molecule has 3 nitrogen and oxygen atoms in total. The quantitative estimate of drug-likeness (QED) is 0.826. The smallest absolute Gasteiger partial charge is 0.222 e. The van der Waals surface area contributed by atoms with Gasteiger partial charge in [0.25, 0.3) is 0 Å². The Hall–Kier alpha value is -1.86. The van der Waals surface area contributed by atoms with Crippen molar-refractivity contribution >= 4 is 5.91 Å². The second kappa shape index (κ2) is 7.06. The molecule has 0 saturated heterocycles. The van der Waals surface area contributed by atoms with Crippen molar-refractivity contribution < 1.29 is 9.18 Å². The summed E-state index contributed by atoms with van der Waals surface area (Å²) in [5.74, 6) is 5.37. The van der Waals surface area contributed by atoms with Gasteiger partial charge in [0.05, 0.1) is 12.5 Å². The van der Waals surface area contributed by atoms with E-state index >= 15 is 0 Å². The first-order valence-corrected chi connectivity index (χ1v) is 6.94. The summed E-state index contributed by atoms with van der Waals surface area (Å²) >= 11 is 0. The molecule has 2 rings (SSSR count). The van der Waals surface area contributed by atoms with Crippen LogP contribution in [0.3, 0.4) is 0 Å². The molecule has 1 aromatic rings. The van der Waals surface area contributed by atoms with Crippen LogP contribution in [0, 0.1) is 23.6 Å². The van der Waals surface area contributed by atoms with Crippen molar-refractivity contribution in [3.63, 3.8) is 0 Å². The Balaban J connectivity index is 1.86. The molecule has 1 aliphatic carbocycles. The number of rotatable bonds is 3. The lowest BCUT2D eigenvalue weighted by Gasteiger charge is -2.29. The van der Waals surface area contributed by atoms with E-state index in [0.29, 0.717) is 6.54 Å². The molecular weight excluding hydrogens is 255 g/mol. The molecule has 4 heteroatoms. The molecule has 20 heavy (non-hydrogen) atoms. The van der Waals surface area contributed by atoms with E-state index in [1.807, 2.05) is 0 Å². The second-order valence-corrected chi connectivity index (χ2v) is 5.09. The zero-order valence-electron chi connectivity index (χ0n) is 11.4. The van der Waals surface area contributed by atoms with E-state index in [9.17, 15) is 9.18 Å². The molecule has 0 heterocycles. The largest absolute Gasteiger partial charge is 0.369 e. The van der Waals surface area contributed by atoms with Crippen LogP contribution < -0.4 is 11.1 Å². The highest BCUT2D eigenvalue weighted by Gasteiger charge is 2.28. The summed E-state index contributed by atoms with van der Waals surface area (Å²) in [6.07, 6.45) is 4.00. The van der Waals surface area contributed by atoms with Crippen molar-refractivity contribution in [1.29, 1.82) is 0 Å². The summed E-state index contributed by atoms with van der Waals surface area (Å²) < 4.78 is 12.7. The van der Waals surface area contributed by atoms with Crippen LogP contribution in [0.15, 0.2) is 24.3 Å². The number of primary amides is 1. The van der Waals surface area contributed by atoms with E-state index in [1.54, 1.807) is 12.1 Å². The maximum absolute atomic E-state index is 12.7. The number of amides is 1. The Morgan fingerprint density at radius 1 is 1.30 bits per heavy atom. The van der Waals surface area contributed by atoms with Crippen molar-refractivity contribution in [2.75, 3.05) is 6.54 Å². The third kappa shape index (κ3) is 4.07. The topological polar surface area (TPSA) is 55.1 Å².